The first-order valence-corrected chi connectivity index (χ1v) is 7.29. The van der Waals surface area contributed by atoms with Gasteiger partial charge in [-0.2, -0.15) is 0 Å². The van der Waals surface area contributed by atoms with Gasteiger partial charge in [0.1, 0.15) is 10.6 Å². The van der Waals surface area contributed by atoms with Gasteiger partial charge in [-0.1, -0.05) is 19.4 Å². The molecule has 0 bridgehead atoms. The Hall–Kier alpha value is -1.27. The fourth-order valence-electron chi connectivity index (χ4n) is 1.40. The summed E-state index contributed by atoms with van der Waals surface area (Å²) in [4.78, 5) is 0.0847. The Labute approximate surface area is 109 Å². The Bertz CT molecular complexity index is 498. The number of unbranched alkanes of at least 4 members (excludes halogenated alkanes) is 1. The molecule has 1 aromatic rings. The van der Waals surface area contributed by atoms with Gasteiger partial charge in [-0.05, 0) is 18.6 Å². The van der Waals surface area contributed by atoms with Crippen LogP contribution in [0.5, 0.6) is 5.75 Å². The Balaban J connectivity index is 3.06. The molecule has 0 heterocycles. The number of hydrogen-bond acceptors (Lipinski definition) is 4. The van der Waals surface area contributed by atoms with Crippen LogP contribution in [0, 0.1) is 0 Å². The van der Waals surface area contributed by atoms with Gasteiger partial charge < -0.3 is 10.5 Å². The molecule has 0 saturated heterocycles. The lowest BCUT2D eigenvalue weighted by atomic mass is 10.3. The number of nitrogens with two attached hydrogens (primary N) is 1. The van der Waals surface area contributed by atoms with Crippen molar-refractivity contribution in [2.75, 3.05) is 26.4 Å². The van der Waals surface area contributed by atoms with Gasteiger partial charge in [0, 0.05) is 14.1 Å². The van der Waals surface area contributed by atoms with Gasteiger partial charge in [-0.15, -0.1) is 0 Å². The van der Waals surface area contributed by atoms with Crippen molar-refractivity contribution in [3.63, 3.8) is 0 Å². The van der Waals surface area contributed by atoms with Crippen molar-refractivity contribution < 1.29 is 13.2 Å². The zero-order valence-electron chi connectivity index (χ0n) is 11.0. The zero-order chi connectivity index (χ0) is 13.8. The van der Waals surface area contributed by atoms with Gasteiger partial charge in [0.25, 0.3) is 0 Å². The topological polar surface area (TPSA) is 72.6 Å². The van der Waals surface area contributed by atoms with Crippen LogP contribution in [0.2, 0.25) is 0 Å². The van der Waals surface area contributed by atoms with E-state index in [4.69, 9.17) is 10.5 Å². The Morgan fingerprint density at radius 3 is 2.56 bits per heavy atom. The summed E-state index contributed by atoms with van der Waals surface area (Å²) in [6, 6.07) is 4.80. The van der Waals surface area contributed by atoms with E-state index in [9.17, 15) is 8.42 Å². The van der Waals surface area contributed by atoms with Gasteiger partial charge in [0.15, 0.2) is 0 Å². The number of ether oxygens (including phenoxy) is 1. The van der Waals surface area contributed by atoms with E-state index in [1.165, 1.54) is 20.2 Å². The van der Waals surface area contributed by atoms with Crippen molar-refractivity contribution in [3.8, 4) is 5.75 Å². The summed E-state index contributed by atoms with van der Waals surface area (Å²) in [5, 5.41) is 0. The molecular weight excluding hydrogens is 252 g/mol. The van der Waals surface area contributed by atoms with Gasteiger partial charge in [-0.25, -0.2) is 12.7 Å². The second-order valence-electron chi connectivity index (χ2n) is 4.16. The summed E-state index contributed by atoms with van der Waals surface area (Å²) < 4.78 is 30.7. The molecule has 0 aliphatic carbocycles. The molecule has 18 heavy (non-hydrogen) atoms. The highest BCUT2D eigenvalue weighted by Gasteiger charge is 2.22. The Morgan fingerprint density at radius 1 is 1.33 bits per heavy atom. The third-order valence-corrected chi connectivity index (χ3v) is 4.41. The summed E-state index contributed by atoms with van der Waals surface area (Å²) >= 11 is 0. The molecule has 0 fully saturated rings. The van der Waals surface area contributed by atoms with E-state index >= 15 is 0 Å². The summed E-state index contributed by atoms with van der Waals surface area (Å²) in [7, 11) is -0.589. The molecule has 1 rings (SSSR count). The molecule has 0 aliphatic heterocycles. The summed E-state index contributed by atoms with van der Waals surface area (Å²) in [6.07, 6.45) is 1.92. The molecule has 0 saturated carbocycles. The molecule has 0 aliphatic rings. The van der Waals surface area contributed by atoms with E-state index in [0.29, 0.717) is 12.4 Å². The molecule has 0 radical (unpaired) electrons. The predicted octanol–water partition coefficient (Wildman–Crippen LogP) is 1.70. The van der Waals surface area contributed by atoms with Gasteiger partial charge in [0.05, 0.1) is 12.3 Å². The molecule has 2 N–H and O–H groups in total. The molecule has 0 spiro atoms. The van der Waals surface area contributed by atoms with Crippen molar-refractivity contribution in [2.45, 2.75) is 24.7 Å². The number of nitrogens with zero attached hydrogens (tertiary/aromatic N) is 1. The second kappa shape index (κ2) is 6.06. The smallest absolute Gasteiger partial charge is 0.244 e. The van der Waals surface area contributed by atoms with E-state index < -0.39 is 10.0 Å². The Morgan fingerprint density at radius 2 is 2.00 bits per heavy atom. The highest BCUT2D eigenvalue weighted by atomic mass is 32.2. The fourth-order valence-corrected chi connectivity index (χ4v) is 2.42. The van der Waals surface area contributed by atoms with Gasteiger partial charge in [0.2, 0.25) is 10.0 Å². The van der Waals surface area contributed by atoms with Crippen LogP contribution in [0.25, 0.3) is 0 Å². The molecule has 0 aromatic heterocycles. The lowest BCUT2D eigenvalue weighted by molar-refractivity contribution is 0.310. The molecule has 0 unspecified atom stereocenters. The van der Waals surface area contributed by atoms with Crippen molar-refractivity contribution in [3.05, 3.63) is 18.2 Å². The minimum absolute atomic E-state index is 0.0847. The van der Waals surface area contributed by atoms with Crippen LogP contribution in [0.1, 0.15) is 19.8 Å². The van der Waals surface area contributed by atoms with Crippen molar-refractivity contribution in [2.24, 2.45) is 0 Å². The van der Waals surface area contributed by atoms with Crippen molar-refractivity contribution in [1.82, 2.24) is 4.31 Å². The number of para-hydroxylation sites is 1. The summed E-state index contributed by atoms with van der Waals surface area (Å²) in [5.74, 6) is 0.423. The van der Waals surface area contributed by atoms with Crippen LogP contribution < -0.4 is 10.5 Å². The fraction of sp³-hybridized carbons (Fsp3) is 0.500. The molecule has 1 aromatic carbocycles. The third-order valence-electron chi connectivity index (χ3n) is 2.54. The highest BCUT2D eigenvalue weighted by molar-refractivity contribution is 7.89. The second-order valence-corrected chi connectivity index (χ2v) is 6.28. The first-order chi connectivity index (χ1) is 8.41. The number of rotatable bonds is 6. The van der Waals surface area contributed by atoms with Crippen LogP contribution in [-0.2, 0) is 10.0 Å². The quantitative estimate of drug-likeness (QED) is 0.632. The van der Waals surface area contributed by atoms with E-state index in [1.54, 1.807) is 12.1 Å². The largest absolute Gasteiger partial charge is 0.491 e. The van der Waals surface area contributed by atoms with Crippen LogP contribution in [-0.4, -0.2) is 33.4 Å². The average molecular weight is 272 g/mol. The van der Waals surface area contributed by atoms with Gasteiger partial charge in [-0.3, -0.25) is 0 Å². The molecule has 0 atom stereocenters. The molecule has 0 amide bonds. The van der Waals surface area contributed by atoms with Crippen molar-refractivity contribution >= 4 is 15.7 Å². The van der Waals surface area contributed by atoms with Crippen molar-refractivity contribution in [1.29, 1.82) is 0 Å². The lowest BCUT2D eigenvalue weighted by Gasteiger charge is -2.15. The van der Waals surface area contributed by atoms with E-state index in [2.05, 4.69) is 6.92 Å². The maximum atomic E-state index is 12.0. The van der Waals surface area contributed by atoms with E-state index in [0.717, 1.165) is 17.1 Å². The van der Waals surface area contributed by atoms with Crippen LogP contribution in [0.15, 0.2) is 23.1 Å². The van der Waals surface area contributed by atoms with E-state index in [1.807, 2.05) is 0 Å². The summed E-state index contributed by atoms with van der Waals surface area (Å²) in [6.45, 7) is 2.59. The van der Waals surface area contributed by atoms with E-state index in [-0.39, 0.29) is 10.6 Å². The first kappa shape index (κ1) is 14.8. The SMILES string of the molecule is CCCCOc1cccc(S(=O)(=O)N(C)C)c1N. The summed E-state index contributed by atoms with van der Waals surface area (Å²) in [5.41, 5.74) is 6.03. The minimum Gasteiger partial charge on any atom is -0.491 e. The van der Waals surface area contributed by atoms with Gasteiger partial charge >= 0.3 is 0 Å². The predicted molar refractivity (Wildman–Crippen MR) is 72.1 cm³/mol. The molecular formula is C12H20N2O3S. The maximum Gasteiger partial charge on any atom is 0.244 e. The van der Waals surface area contributed by atoms with Crippen LogP contribution >= 0.6 is 0 Å². The first-order valence-electron chi connectivity index (χ1n) is 5.85. The number of hydrogen-bond donors (Lipinski definition) is 1. The lowest BCUT2D eigenvalue weighted by Crippen LogP contribution is -2.23. The maximum absolute atomic E-state index is 12.0. The standard InChI is InChI=1S/C12H20N2O3S/c1-4-5-9-17-10-7-6-8-11(12(10)13)18(15,16)14(2)3/h6-8H,4-5,9,13H2,1-3H3. The Kier molecular flexibility index (Phi) is 4.98. The van der Waals surface area contributed by atoms with Crippen LogP contribution in [0.3, 0.4) is 0 Å². The highest BCUT2D eigenvalue weighted by Crippen LogP contribution is 2.30. The normalized spacial score (nSPS) is 11.8. The monoisotopic (exact) mass is 272 g/mol. The zero-order valence-corrected chi connectivity index (χ0v) is 11.8. The molecule has 102 valence electrons. The minimum atomic E-state index is -3.53. The van der Waals surface area contributed by atoms with Crippen LogP contribution in [0.4, 0.5) is 5.69 Å². The number of sulfonamides is 1. The number of anilines is 1. The number of benzene rings is 1. The molecule has 5 nitrogen and oxygen atoms in total. The number of nitrogen functional groups attached to an aromatic ring is 1. The average Bonchev–Trinajstić information content (AvgIpc) is 2.31. The molecule has 6 heteroatoms. The third kappa shape index (κ3) is 3.14.